The second-order valence-corrected chi connectivity index (χ2v) is 20.5. The molecule has 0 heterocycles. The maximum atomic E-state index is 2.32. The van der Waals surface area contributed by atoms with E-state index >= 15 is 0 Å². The van der Waals surface area contributed by atoms with Crippen molar-refractivity contribution < 1.29 is 58.4 Å². The van der Waals surface area contributed by atoms with Gasteiger partial charge in [-0.15, -0.1) is 0 Å². The summed E-state index contributed by atoms with van der Waals surface area (Å²) in [5.41, 5.74) is 18.2. The first-order valence-electron chi connectivity index (χ1n) is 26.8. The molecule has 3 heteroatoms. The molecule has 0 radical (unpaired) electrons. The Morgan fingerprint density at radius 1 is 0.253 bits per heavy atom. The summed E-state index contributed by atoms with van der Waals surface area (Å²) in [5, 5.41) is 0. The van der Waals surface area contributed by atoms with Crippen LogP contribution in [0.15, 0.2) is 143 Å². The molecule has 0 N–H and O–H groups in total. The summed E-state index contributed by atoms with van der Waals surface area (Å²) in [5.74, 6) is 4.15. The van der Waals surface area contributed by atoms with E-state index in [1.165, 1.54) is 91.2 Å². The summed E-state index contributed by atoms with van der Waals surface area (Å²) in [7, 11) is 0. The molecule has 0 atom stereocenters. The standard InChI is InChI=1S/C12H20.C12H18.C11H18.C11H16.C10H16.C10H14.6CH3.3Ru/c2*1-9(2)11-5-7-12(8-6-11)10(3)4;2*1-4-10-5-7-11(8-6-10)9(2)3;2*1-3-9-5-7-10(4-2)8-6-9;;;;;;;;;/h5,7,9-10H,6,8H2,1-4H3;5-10H,1-4H3;5,7,9H,4,6,8H2,1-3H3;5-9H,4H2,1-3H3;5,7H,3-4,6,8H2,1-2H3;5-8H,3-4H2,1-2H3;6*1H3;;;/q;;;;;;6*-1;3*+2. The van der Waals surface area contributed by atoms with Crippen LogP contribution in [0.1, 0.15) is 234 Å². The van der Waals surface area contributed by atoms with Gasteiger partial charge in [-0.2, -0.15) is 0 Å². The van der Waals surface area contributed by atoms with Gasteiger partial charge in [0.15, 0.2) is 0 Å². The maximum Gasteiger partial charge on any atom is 2.00 e. The van der Waals surface area contributed by atoms with E-state index in [2.05, 4.69) is 234 Å². The van der Waals surface area contributed by atoms with Gasteiger partial charge in [0.05, 0.1) is 0 Å². The third kappa shape index (κ3) is 39.9. The van der Waals surface area contributed by atoms with Crippen molar-refractivity contribution in [3.63, 3.8) is 0 Å². The summed E-state index contributed by atoms with van der Waals surface area (Å²) >= 11 is 0. The number of hydrogen-bond donors (Lipinski definition) is 0. The zero-order valence-corrected chi connectivity index (χ0v) is 58.6. The molecule has 0 saturated carbocycles. The van der Waals surface area contributed by atoms with Crippen LogP contribution in [0, 0.1) is 62.3 Å². The zero-order chi connectivity index (χ0) is 49.6. The molecule has 0 nitrogen and oxygen atoms in total. The second kappa shape index (κ2) is 54.0. The summed E-state index contributed by atoms with van der Waals surface area (Å²) in [6.45, 7) is 40.3. The van der Waals surface area contributed by atoms with Crippen LogP contribution in [0.25, 0.3) is 0 Å². The molecule has 0 unspecified atom stereocenters. The molecule has 6 rings (SSSR count). The van der Waals surface area contributed by atoms with Crippen molar-refractivity contribution in [2.24, 2.45) is 17.8 Å². The molecule has 3 aromatic carbocycles. The minimum atomic E-state index is 0. The average Bonchev–Trinajstić information content (AvgIpc) is 3.35. The predicted octanol–water partition coefficient (Wildman–Crippen LogP) is 23.9. The minimum absolute atomic E-state index is 0. The van der Waals surface area contributed by atoms with Gasteiger partial charge in [-0.1, -0.05) is 267 Å². The third-order valence-corrected chi connectivity index (χ3v) is 13.6. The topological polar surface area (TPSA) is 0 Å². The number of allylic oxidation sites excluding steroid dienone is 12. The van der Waals surface area contributed by atoms with Crippen LogP contribution in [-0.2, 0) is 77.7 Å². The van der Waals surface area contributed by atoms with Crippen molar-refractivity contribution in [2.45, 2.75) is 219 Å². The van der Waals surface area contributed by atoms with E-state index < -0.39 is 0 Å². The molecule has 3 aliphatic rings. The Morgan fingerprint density at radius 3 is 0.600 bits per heavy atom. The van der Waals surface area contributed by atoms with E-state index in [9.17, 15) is 0 Å². The molecule has 0 bridgehead atoms. The third-order valence-electron chi connectivity index (χ3n) is 13.6. The molecular formula is C72H120Ru3. The Morgan fingerprint density at radius 2 is 0.440 bits per heavy atom. The van der Waals surface area contributed by atoms with E-state index in [0.29, 0.717) is 17.8 Å². The largest absolute Gasteiger partial charge is 2.00 e. The van der Waals surface area contributed by atoms with Crippen LogP contribution in [0.5, 0.6) is 0 Å². The zero-order valence-electron chi connectivity index (χ0n) is 53.4. The summed E-state index contributed by atoms with van der Waals surface area (Å²) in [6, 6.07) is 26.7. The van der Waals surface area contributed by atoms with E-state index in [4.69, 9.17) is 0 Å². The molecule has 0 aromatic heterocycles. The van der Waals surface area contributed by atoms with Gasteiger partial charge in [-0.3, -0.25) is 0 Å². The van der Waals surface area contributed by atoms with Gasteiger partial charge in [-0.05, 0) is 146 Å². The molecule has 432 valence electrons. The number of hydrogen-bond acceptors (Lipinski definition) is 0. The Labute approximate surface area is 512 Å². The van der Waals surface area contributed by atoms with Gasteiger partial charge < -0.3 is 44.6 Å². The monoisotopic (exact) mass is 1290 g/mol. The molecular weight excluding hydrogens is 1170 g/mol. The molecule has 0 spiro atoms. The smallest absolute Gasteiger partial charge is 0.358 e. The first-order valence-corrected chi connectivity index (χ1v) is 26.8. The van der Waals surface area contributed by atoms with E-state index in [0.717, 1.165) is 37.0 Å². The first-order chi connectivity index (χ1) is 31.4. The fraction of sp³-hybridized carbons (Fsp3) is 0.500. The van der Waals surface area contributed by atoms with Crippen LogP contribution in [-0.4, -0.2) is 0 Å². The normalized spacial score (nSPS) is 12.6. The molecule has 3 aliphatic carbocycles. The van der Waals surface area contributed by atoms with Gasteiger partial charge >= 0.3 is 58.4 Å². The van der Waals surface area contributed by atoms with Crippen molar-refractivity contribution in [2.75, 3.05) is 0 Å². The average molecular weight is 1290 g/mol. The van der Waals surface area contributed by atoms with E-state index in [-0.39, 0.29) is 103 Å². The van der Waals surface area contributed by atoms with Crippen molar-refractivity contribution in [1.29, 1.82) is 0 Å². The van der Waals surface area contributed by atoms with Gasteiger partial charge in [0, 0.05) is 0 Å². The summed E-state index contributed by atoms with van der Waals surface area (Å²) < 4.78 is 0. The van der Waals surface area contributed by atoms with Crippen molar-refractivity contribution in [3.8, 4) is 0 Å². The molecule has 0 saturated heterocycles. The van der Waals surface area contributed by atoms with Gasteiger partial charge in [0.1, 0.15) is 0 Å². The van der Waals surface area contributed by atoms with Crippen molar-refractivity contribution in [3.05, 3.63) is 221 Å². The summed E-state index contributed by atoms with van der Waals surface area (Å²) in [6.07, 6.45) is 28.7. The number of benzene rings is 3. The minimum Gasteiger partial charge on any atom is -0.358 e. The van der Waals surface area contributed by atoms with Gasteiger partial charge in [-0.25, -0.2) is 0 Å². The SMILES string of the molecule is CC(C)C1=CC=C(C(C)C)CC1.CC(C)c1ccc(C(C)C)cc1.CCC1=CC=C(C(C)C)CC1.CCC1=CC=C(CC)CC1.CCc1ccc(C(C)C)cc1.CCc1ccc(CC)cc1.[CH3-].[CH3-].[CH3-].[CH3-].[CH3-].[CH3-].[Ru+2].[Ru+2].[Ru+2]. The van der Waals surface area contributed by atoms with Crippen molar-refractivity contribution >= 4 is 0 Å². The van der Waals surface area contributed by atoms with Crippen molar-refractivity contribution in [1.82, 2.24) is 0 Å². The van der Waals surface area contributed by atoms with Crippen LogP contribution in [0.3, 0.4) is 0 Å². The second-order valence-electron chi connectivity index (χ2n) is 20.5. The number of rotatable bonds is 12. The Hall–Kier alpha value is -2.03. The Bertz CT molecular complexity index is 1830. The summed E-state index contributed by atoms with van der Waals surface area (Å²) in [4.78, 5) is 0. The molecule has 3 aromatic rings. The predicted molar refractivity (Wildman–Crippen MR) is 340 cm³/mol. The fourth-order valence-corrected chi connectivity index (χ4v) is 7.83. The maximum absolute atomic E-state index is 2.32. The Kier molecular flexibility index (Phi) is 66.4. The van der Waals surface area contributed by atoms with Gasteiger partial charge in [0.25, 0.3) is 0 Å². The van der Waals surface area contributed by atoms with Crippen LogP contribution in [0.2, 0.25) is 0 Å². The van der Waals surface area contributed by atoms with E-state index in [1.807, 2.05) is 0 Å². The van der Waals surface area contributed by atoms with Gasteiger partial charge in [0.2, 0.25) is 0 Å². The van der Waals surface area contributed by atoms with Crippen LogP contribution < -0.4 is 0 Å². The van der Waals surface area contributed by atoms with Crippen LogP contribution in [0.4, 0.5) is 0 Å². The molecule has 0 amide bonds. The first kappa shape index (κ1) is 92.4. The quantitative estimate of drug-likeness (QED) is 0.125. The molecule has 0 fully saturated rings. The fourth-order valence-electron chi connectivity index (χ4n) is 7.83. The molecule has 0 aliphatic heterocycles. The van der Waals surface area contributed by atoms with Crippen LogP contribution >= 0.6 is 0 Å². The molecule has 75 heavy (non-hydrogen) atoms. The Balaban J connectivity index is -0.0000000973. The number of aryl methyl sites for hydroxylation is 3. The van der Waals surface area contributed by atoms with E-state index in [1.54, 1.807) is 33.4 Å².